The Morgan fingerprint density at radius 2 is 2.33 bits per heavy atom. The topological polar surface area (TPSA) is 65.4 Å². The Hall–Kier alpha value is -1.81. The van der Waals surface area contributed by atoms with Gasteiger partial charge in [-0.1, -0.05) is 0 Å². The maximum Gasteiger partial charge on any atom is 0.190 e. The van der Waals surface area contributed by atoms with Crippen LogP contribution in [0.5, 0.6) is 0 Å². The van der Waals surface area contributed by atoms with Gasteiger partial charge in [-0.2, -0.15) is 10.5 Å². The van der Waals surface area contributed by atoms with E-state index in [9.17, 15) is 0 Å². The lowest BCUT2D eigenvalue weighted by Gasteiger charge is -1.80. The maximum absolute atomic E-state index is 8.28. The molecule has 0 aliphatic heterocycles. The number of hydrogen-bond acceptors (Lipinski definition) is 3. The summed E-state index contributed by atoms with van der Waals surface area (Å²) in [5.41, 5.74) is 0.262. The molecule has 0 bridgehead atoms. The highest BCUT2D eigenvalue weighted by Crippen LogP contribution is 1.91. The molecular formula is C5H2N4. The second kappa shape index (κ2) is 1.97. The van der Waals surface area contributed by atoms with E-state index in [0.717, 1.165) is 4.57 Å². The standard InChI is InChI=1S/C5H2N4/c6-1-5-2-8-4-9(5)3-7/h2,4H. The molecule has 0 saturated carbocycles. The molecule has 0 aromatic carbocycles. The first-order valence-electron chi connectivity index (χ1n) is 2.21. The van der Waals surface area contributed by atoms with Gasteiger partial charge in [-0.25, -0.2) is 9.55 Å². The van der Waals surface area contributed by atoms with Gasteiger partial charge in [0.25, 0.3) is 0 Å². The summed E-state index contributed by atoms with van der Waals surface area (Å²) in [6, 6.07) is 1.80. The Morgan fingerprint density at radius 3 is 2.78 bits per heavy atom. The molecule has 0 N–H and O–H groups in total. The Bertz CT molecular complexity index is 256. The van der Waals surface area contributed by atoms with E-state index in [1.165, 1.54) is 12.5 Å². The van der Waals surface area contributed by atoms with E-state index >= 15 is 0 Å². The lowest BCUT2D eigenvalue weighted by molar-refractivity contribution is 1.06. The second-order valence-electron chi connectivity index (χ2n) is 1.36. The van der Waals surface area contributed by atoms with Crippen molar-refractivity contribution in [1.82, 2.24) is 9.55 Å². The minimum Gasteiger partial charge on any atom is -0.243 e. The van der Waals surface area contributed by atoms with E-state index in [4.69, 9.17) is 10.5 Å². The molecule has 0 spiro atoms. The number of rotatable bonds is 0. The van der Waals surface area contributed by atoms with Gasteiger partial charge in [-0.3, -0.25) is 0 Å². The van der Waals surface area contributed by atoms with Gasteiger partial charge >= 0.3 is 0 Å². The van der Waals surface area contributed by atoms with Gasteiger partial charge in [0.15, 0.2) is 11.9 Å². The second-order valence-corrected chi connectivity index (χ2v) is 1.36. The molecule has 4 nitrogen and oxygen atoms in total. The molecule has 0 aliphatic carbocycles. The summed E-state index contributed by atoms with van der Waals surface area (Å²) < 4.78 is 1.10. The van der Waals surface area contributed by atoms with Gasteiger partial charge in [0.05, 0.1) is 6.20 Å². The summed E-state index contributed by atoms with van der Waals surface area (Å²) in [4.78, 5) is 3.58. The predicted octanol–water partition coefficient (Wildman–Crippen LogP) is 0.0840. The van der Waals surface area contributed by atoms with E-state index in [-0.39, 0.29) is 5.69 Å². The summed E-state index contributed by atoms with van der Waals surface area (Å²) in [5, 5.41) is 16.5. The Morgan fingerprint density at radius 1 is 1.56 bits per heavy atom. The lowest BCUT2D eigenvalue weighted by Crippen LogP contribution is -1.87. The van der Waals surface area contributed by atoms with Crippen LogP contribution in [-0.4, -0.2) is 9.55 Å². The van der Waals surface area contributed by atoms with Crippen LogP contribution in [0.25, 0.3) is 0 Å². The van der Waals surface area contributed by atoms with Crippen molar-refractivity contribution in [1.29, 1.82) is 10.5 Å². The van der Waals surface area contributed by atoms with Crippen molar-refractivity contribution in [3.8, 4) is 12.3 Å². The van der Waals surface area contributed by atoms with Crippen molar-refractivity contribution < 1.29 is 0 Å². The average Bonchev–Trinajstić information content (AvgIpc) is 2.33. The van der Waals surface area contributed by atoms with Crippen LogP contribution in [0.1, 0.15) is 5.69 Å². The largest absolute Gasteiger partial charge is 0.243 e. The van der Waals surface area contributed by atoms with Crippen LogP contribution in [0.4, 0.5) is 0 Å². The van der Waals surface area contributed by atoms with E-state index in [1.54, 1.807) is 12.3 Å². The first-order chi connectivity index (χ1) is 4.38. The summed E-state index contributed by atoms with van der Waals surface area (Å²) in [6.07, 6.45) is 4.38. The summed E-state index contributed by atoms with van der Waals surface area (Å²) in [5.74, 6) is 0. The fraction of sp³-hybridized carbons (Fsp3) is 0. The monoisotopic (exact) mass is 118 g/mol. The molecule has 1 heterocycles. The third kappa shape index (κ3) is 0.731. The van der Waals surface area contributed by atoms with Gasteiger partial charge in [0.1, 0.15) is 12.4 Å². The number of nitriles is 2. The first kappa shape index (κ1) is 5.33. The minimum absolute atomic E-state index is 0.262. The smallest absolute Gasteiger partial charge is 0.190 e. The van der Waals surface area contributed by atoms with E-state index in [0.29, 0.717) is 0 Å². The normalized spacial score (nSPS) is 7.78. The lowest BCUT2D eigenvalue weighted by atomic mass is 10.5. The van der Waals surface area contributed by atoms with Crippen molar-refractivity contribution in [2.24, 2.45) is 0 Å². The highest BCUT2D eigenvalue weighted by Gasteiger charge is 1.95. The zero-order valence-electron chi connectivity index (χ0n) is 4.44. The predicted molar refractivity (Wildman–Crippen MR) is 28.0 cm³/mol. The van der Waals surface area contributed by atoms with Crippen LogP contribution in [0.15, 0.2) is 12.5 Å². The zero-order chi connectivity index (χ0) is 6.69. The van der Waals surface area contributed by atoms with Gasteiger partial charge in [-0.15, -0.1) is 0 Å². The number of imidazole rings is 1. The Labute approximate surface area is 51.6 Å². The van der Waals surface area contributed by atoms with Crippen molar-refractivity contribution >= 4 is 0 Å². The van der Waals surface area contributed by atoms with Gasteiger partial charge in [-0.05, 0) is 0 Å². The number of hydrogen-bond donors (Lipinski definition) is 0. The molecule has 4 heteroatoms. The fourth-order valence-corrected chi connectivity index (χ4v) is 0.457. The third-order valence-corrected chi connectivity index (χ3v) is 0.861. The van der Waals surface area contributed by atoms with Crippen molar-refractivity contribution in [3.05, 3.63) is 18.2 Å². The molecule has 9 heavy (non-hydrogen) atoms. The fourth-order valence-electron chi connectivity index (χ4n) is 0.457. The minimum atomic E-state index is 0.262. The molecule has 1 rings (SSSR count). The van der Waals surface area contributed by atoms with Gasteiger partial charge < -0.3 is 0 Å². The van der Waals surface area contributed by atoms with Crippen molar-refractivity contribution in [3.63, 3.8) is 0 Å². The van der Waals surface area contributed by atoms with E-state index in [1.807, 2.05) is 0 Å². The Balaban J connectivity index is 3.22. The van der Waals surface area contributed by atoms with Crippen LogP contribution in [0.3, 0.4) is 0 Å². The molecule has 0 unspecified atom stereocenters. The molecule has 0 saturated heterocycles. The average molecular weight is 118 g/mol. The zero-order valence-corrected chi connectivity index (χ0v) is 4.44. The molecule has 1 aromatic rings. The summed E-state index contributed by atoms with van der Waals surface area (Å²) in [6.45, 7) is 0. The maximum atomic E-state index is 8.28. The first-order valence-corrected chi connectivity index (χ1v) is 2.21. The molecular weight excluding hydrogens is 116 g/mol. The van der Waals surface area contributed by atoms with Crippen LogP contribution in [-0.2, 0) is 0 Å². The molecule has 42 valence electrons. The summed E-state index contributed by atoms with van der Waals surface area (Å²) in [7, 11) is 0. The molecule has 0 aliphatic rings. The van der Waals surface area contributed by atoms with Crippen LogP contribution < -0.4 is 0 Å². The Kier molecular flexibility index (Phi) is 1.17. The van der Waals surface area contributed by atoms with Gasteiger partial charge in [0, 0.05) is 0 Å². The van der Waals surface area contributed by atoms with E-state index in [2.05, 4.69) is 4.98 Å². The molecule has 0 atom stereocenters. The molecule has 0 radical (unpaired) electrons. The molecule has 1 aromatic heterocycles. The molecule has 0 fully saturated rings. The summed E-state index contributed by atoms with van der Waals surface area (Å²) >= 11 is 0. The molecule has 0 amide bonds. The van der Waals surface area contributed by atoms with Crippen LogP contribution in [0, 0.1) is 22.8 Å². The SMILES string of the molecule is N#Cc1cncn1C#N. The number of aromatic nitrogens is 2. The highest BCUT2D eigenvalue weighted by atomic mass is 15.0. The van der Waals surface area contributed by atoms with E-state index < -0.39 is 0 Å². The quantitative estimate of drug-likeness (QED) is 0.484. The third-order valence-electron chi connectivity index (χ3n) is 0.861. The van der Waals surface area contributed by atoms with Crippen molar-refractivity contribution in [2.45, 2.75) is 0 Å². The van der Waals surface area contributed by atoms with Crippen LogP contribution >= 0.6 is 0 Å². The van der Waals surface area contributed by atoms with Crippen LogP contribution in [0.2, 0.25) is 0 Å². The van der Waals surface area contributed by atoms with Crippen molar-refractivity contribution in [2.75, 3.05) is 0 Å². The highest BCUT2D eigenvalue weighted by molar-refractivity contribution is 5.20. The van der Waals surface area contributed by atoms with Gasteiger partial charge in [0.2, 0.25) is 0 Å². The number of nitrogens with zero attached hydrogens (tertiary/aromatic N) is 4.